The number of imidazole rings is 1. The molecule has 192 valence electrons. The number of aromatic nitrogens is 4. The van der Waals surface area contributed by atoms with E-state index < -0.39 is 17.8 Å². The van der Waals surface area contributed by atoms with Gasteiger partial charge >= 0.3 is 12.2 Å². The van der Waals surface area contributed by atoms with Crippen LogP contribution in [0, 0.1) is 0 Å². The van der Waals surface area contributed by atoms with Crippen LogP contribution in [0.1, 0.15) is 5.56 Å². The van der Waals surface area contributed by atoms with Crippen LogP contribution >= 0.6 is 0 Å². The van der Waals surface area contributed by atoms with Crippen molar-refractivity contribution >= 4 is 40.1 Å². The maximum atomic E-state index is 13.8. The summed E-state index contributed by atoms with van der Waals surface area (Å²) in [5.74, 6) is 0.268. The number of urea groups is 1. The number of piperazine rings is 1. The quantitative estimate of drug-likeness (QED) is 0.381. The summed E-state index contributed by atoms with van der Waals surface area (Å²) in [7, 11) is 1.94. The zero-order valence-corrected chi connectivity index (χ0v) is 19.8. The van der Waals surface area contributed by atoms with Crippen molar-refractivity contribution in [2.75, 3.05) is 54.5 Å². The lowest BCUT2D eigenvalue weighted by atomic mass is 10.1. The second kappa shape index (κ2) is 9.58. The van der Waals surface area contributed by atoms with Crippen molar-refractivity contribution < 1.29 is 18.0 Å². The zero-order chi connectivity index (χ0) is 26.2. The van der Waals surface area contributed by atoms with E-state index in [1.165, 1.54) is 18.5 Å². The summed E-state index contributed by atoms with van der Waals surface area (Å²) in [5.41, 5.74) is 7.38. The van der Waals surface area contributed by atoms with Gasteiger partial charge in [-0.15, -0.1) is 0 Å². The summed E-state index contributed by atoms with van der Waals surface area (Å²) >= 11 is 0. The maximum absolute atomic E-state index is 13.8. The fraction of sp³-hybridized carbons (Fsp3) is 0.250. The molecule has 2 aromatic carbocycles. The van der Waals surface area contributed by atoms with E-state index in [9.17, 15) is 18.0 Å². The number of amides is 2. The highest BCUT2D eigenvalue weighted by atomic mass is 19.4. The lowest BCUT2D eigenvalue weighted by Crippen LogP contribution is -2.45. The van der Waals surface area contributed by atoms with Crippen molar-refractivity contribution in [2.45, 2.75) is 6.18 Å². The largest absolute Gasteiger partial charge is 0.418 e. The highest BCUT2D eigenvalue weighted by molar-refractivity contribution is 6.00. The number of nitrogen functional groups attached to an aromatic ring is 1. The van der Waals surface area contributed by atoms with Gasteiger partial charge in [0.1, 0.15) is 12.7 Å². The second-order valence-corrected chi connectivity index (χ2v) is 8.69. The van der Waals surface area contributed by atoms with E-state index in [0.717, 1.165) is 11.8 Å². The van der Waals surface area contributed by atoms with Crippen LogP contribution in [0.25, 0.3) is 16.9 Å². The number of benzene rings is 2. The molecule has 1 aliphatic rings. The Bertz CT molecular complexity index is 1430. The number of carbonyl (C=O) groups is 1. The number of carbonyl (C=O) groups excluding carboxylic acids is 1. The third kappa shape index (κ3) is 5.11. The molecule has 0 bridgehead atoms. The smallest absolute Gasteiger partial charge is 0.382 e. The van der Waals surface area contributed by atoms with Crippen molar-refractivity contribution in [3.8, 4) is 5.69 Å². The van der Waals surface area contributed by atoms with E-state index >= 15 is 0 Å². The normalized spacial score (nSPS) is 14.6. The summed E-state index contributed by atoms with van der Waals surface area (Å²) in [4.78, 5) is 28.7. The minimum Gasteiger partial charge on any atom is -0.382 e. The number of hydrogen-bond donors (Lipinski definition) is 3. The molecule has 0 radical (unpaired) electrons. The Morgan fingerprint density at radius 3 is 2.32 bits per heavy atom. The van der Waals surface area contributed by atoms with Gasteiger partial charge in [-0.3, -0.25) is 4.57 Å². The number of fused-ring (bicyclic) bond motifs is 1. The van der Waals surface area contributed by atoms with Gasteiger partial charge < -0.3 is 26.2 Å². The first-order valence-corrected chi connectivity index (χ1v) is 11.5. The summed E-state index contributed by atoms with van der Waals surface area (Å²) in [6.45, 7) is 2.35. The number of nitrogens with two attached hydrogens (primary N) is 1. The van der Waals surface area contributed by atoms with Crippen LogP contribution in [-0.4, -0.2) is 63.7 Å². The molecule has 3 heterocycles. The molecule has 4 N–H and O–H groups in total. The van der Waals surface area contributed by atoms with E-state index in [4.69, 9.17) is 5.73 Å². The minimum absolute atomic E-state index is 0.0430. The third-order valence-corrected chi connectivity index (χ3v) is 6.17. The fourth-order valence-electron chi connectivity index (χ4n) is 4.20. The number of nitrogens with zero attached hydrogens (tertiary/aromatic N) is 6. The molecule has 0 unspecified atom stereocenters. The topological polar surface area (TPSA) is 117 Å². The molecule has 37 heavy (non-hydrogen) atoms. The summed E-state index contributed by atoms with van der Waals surface area (Å²) < 4.78 is 43.2. The Hall–Kier alpha value is -4.39. The number of nitrogens with one attached hydrogen (secondary N) is 2. The Balaban J connectivity index is 1.29. The molecule has 1 aliphatic heterocycles. The molecule has 0 saturated carbocycles. The lowest BCUT2D eigenvalue weighted by molar-refractivity contribution is -0.137. The number of halogens is 3. The first-order chi connectivity index (χ1) is 17.7. The molecule has 13 heteroatoms. The van der Waals surface area contributed by atoms with Crippen LogP contribution in [0.2, 0.25) is 0 Å². The van der Waals surface area contributed by atoms with Crippen molar-refractivity contribution in [3.05, 3.63) is 60.7 Å². The Morgan fingerprint density at radius 1 is 0.946 bits per heavy atom. The van der Waals surface area contributed by atoms with Gasteiger partial charge in [-0.1, -0.05) is 0 Å². The number of anilines is 4. The Kier molecular flexibility index (Phi) is 6.29. The average molecular weight is 512 g/mol. The van der Waals surface area contributed by atoms with Crippen LogP contribution < -0.4 is 21.3 Å². The Labute approximate surface area is 209 Å². The van der Waals surface area contributed by atoms with Gasteiger partial charge in [0.15, 0.2) is 17.0 Å². The van der Waals surface area contributed by atoms with Crippen LogP contribution in [0.3, 0.4) is 0 Å². The van der Waals surface area contributed by atoms with Crippen molar-refractivity contribution in [3.63, 3.8) is 0 Å². The van der Waals surface area contributed by atoms with Crippen molar-refractivity contribution in [1.29, 1.82) is 0 Å². The molecular weight excluding hydrogens is 487 g/mol. The number of alkyl halides is 3. The van der Waals surface area contributed by atoms with Gasteiger partial charge in [0, 0.05) is 48.9 Å². The molecule has 0 aliphatic carbocycles. The van der Waals surface area contributed by atoms with Crippen LogP contribution in [0.5, 0.6) is 0 Å². The highest BCUT2D eigenvalue weighted by Crippen LogP contribution is 2.38. The fourth-order valence-corrected chi connectivity index (χ4v) is 4.20. The SMILES string of the molecule is CN1CCN(c2ccc(NC(=O)Nc3ccc(-n4cnc5c(N)ncnc54)cc3)cc2C(F)(F)F)CC1. The van der Waals surface area contributed by atoms with Gasteiger partial charge in [0.05, 0.1) is 5.56 Å². The lowest BCUT2D eigenvalue weighted by Gasteiger charge is -2.35. The summed E-state index contributed by atoms with van der Waals surface area (Å²) in [6, 6.07) is 9.97. The van der Waals surface area contributed by atoms with E-state index in [-0.39, 0.29) is 17.2 Å². The van der Waals surface area contributed by atoms with Crippen molar-refractivity contribution in [2.24, 2.45) is 0 Å². The predicted octanol–water partition coefficient (Wildman–Crippen LogP) is 3.81. The molecule has 2 aromatic heterocycles. The van der Waals surface area contributed by atoms with Gasteiger partial charge in [-0.05, 0) is 49.5 Å². The molecule has 1 fully saturated rings. The van der Waals surface area contributed by atoms with Gasteiger partial charge in [0.2, 0.25) is 0 Å². The number of likely N-dealkylation sites (N-methyl/N-ethyl adjacent to an activating group) is 1. The minimum atomic E-state index is -4.56. The van der Waals surface area contributed by atoms with Crippen LogP contribution in [0.4, 0.5) is 40.8 Å². The average Bonchev–Trinajstić information content (AvgIpc) is 3.30. The molecule has 0 spiro atoms. The highest BCUT2D eigenvalue weighted by Gasteiger charge is 2.36. The molecule has 0 atom stereocenters. The molecule has 10 nitrogen and oxygen atoms in total. The molecule has 5 rings (SSSR count). The molecule has 1 saturated heterocycles. The molecule has 2 amide bonds. The first-order valence-electron chi connectivity index (χ1n) is 11.5. The number of rotatable bonds is 4. The molecular formula is C24H24F3N9O. The van der Waals surface area contributed by atoms with Gasteiger partial charge in [-0.2, -0.15) is 13.2 Å². The number of hydrogen-bond acceptors (Lipinski definition) is 7. The van der Waals surface area contributed by atoms with Gasteiger partial charge in [0.25, 0.3) is 0 Å². The second-order valence-electron chi connectivity index (χ2n) is 8.69. The summed E-state index contributed by atoms with van der Waals surface area (Å²) in [6.07, 6.45) is -1.65. The Morgan fingerprint density at radius 2 is 1.62 bits per heavy atom. The standard InChI is InChI=1S/C24H24F3N9O/c1-34-8-10-35(11-9-34)19-7-4-16(12-18(19)24(25,26)27)33-23(37)32-15-2-5-17(6-3-15)36-14-31-20-21(28)29-13-30-22(20)36/h2-7,12-14H,8-11H2,1H3,(H2,28,29,30)(H2,32,33,37). The molecule has 4 aromatic rings. The zero-order valence-electron chi connectivity index (χ0n) is 19.8. The van der Waals surface area contributed by atoms with Crippen molar-refractivity contribution in [1.82, 2.24) is 24.4 Å². The monoisotopic (exact) mass is 511 g/mol. The van der Waals surface area contributed by atoms with Crippen LogP contribution in [0.15, 0.2) is 55.1 Å². The maximum Gasteiger partial charge on any atom is 0.418 e. The first kappa shape index (κ1) is 24.3. The van der Waals surface area contributed by atoms with Gasteiger partial charge in [-0.25, -0.2) is 19.7 Å². The van der Waals surface area contributed by atoms with E-state index in [1.807, 2.05) is 7.05 Å². The van der Waals surface area contributed by atoms with Crippen LogP contribution in [-0.2, 0) is 6.18 Å². The van der Waals surface area contributed by atoms with E-state index in [1.54, 1.807) is 40.1 Å². The predicted molar refractivity (Wildman–Crippen MR) is 135 cm³/mol. The van der Waals surface area contributed by atoms with E-state index in [2.05, 4.69) is 30.5 Å². The van der Waals surface area contributed by atoms with E-state index in [0.29, 0.717) is 43.0 Å². The third-order valence-electron chi connectivity index (χ3n) is 6.17. The summed E-state index contributed by atoms with van der Waals surface area (Å²) in [5, 5.41) is 5.12.